The number of rotatable bonds is 3. The van der Waals surface area contributed by atoms with Crippen LogP contribution in [-0.2, 0) is 12.5 Å². The topological polar surface area (TPSA) is 26.9 Å². The number of para-hydroxylation sites is 1. The highest BCUT2D eigenvalue weighted by Crippen LogP contribution is 2.51. The smallest absolute Gasteiger partial charge is 0.295 e. The van der Waals surface area contributed by atoms with Gasteiger partial charge in [-0.25, -0.2) is 4.79 Å². The summed E-state index contributed by atoms with van der Waals surface area (Å²) in [5, 5.41) is 4.84. The number of aromatic nitrogens is 2. The molecule has 0 aliphatic heterocycles. The Morgan fingerprint density at radius 2 is 1.02 bits per heavy atom. The molecular weight excluding hydrogens is 560 g/mol. The van der Waals surface area contributed by atoms with E-state index in [1.165, 1.54) is 60.5 Å². The molecule has 0 saturated heterocycles. The molecule has 7 aromatic carbocycles. The Morgan fingerprint density at radius 3 is 1.67 bits per heavy atom. The van der Waals surface area contributed by atoms with Crippen LogP contribution >= 0.6 is 0 Å². The maximum absolute atomic E-state index is 13.5. The molecule has 8 aromatic rings. The van der Waals surface area contributed by atoms with E-state index in [1.807, 2.05) is 37.4 Å². The first-order chi connectivity index (χ1) is 22.4. The molecule has 0 spiro atoms. The Bertz CT molecular complexity index is 2530. The second-order valence-corrected chi connectivity index (χ2v) is 13.0. The van der Waals surface area contributed by atoms with E-state index in [-0.39, 0.29) is 11.1 Å². The van der Waals surface area contributed by atoms with Crippen LogP contribution in [0.3, 0.4) is 0 Å². The highest BCUT2D eigenvalue weighted by Gasteiger charge is 2.35. The third kappa shape index (κ3) is 3.63. The maximum Gasteiger partial charge on any atom is 0.333 e. The average Bonchev–Trinajstić information content (AvgIpc) is 3.48. The molecule has 0 fully saturated rings. The molecule has 1 aliphatic rings. The van der Waals surface area contributed by atoms with Crippen molar-refractivity contribution in [3.05, 3.63) is 161 Å². The van der Waals surface area contributed by atoms with Crippen molar-refractivity contribution in [2.45, 2.75) is 19.3 Å². The molecule has 0 atom stereocenters. The van der Waals surface area contributed by atoms with Crippen LogP contribution < -0.4 is 5.69 Å². The molecule has 0 amide bonds. The number of nitrogens with zero attached hydrogens (tertiary/aromatic N) is 2. The predicted octanol–water partition coefficient (Wildman–Crippen LogP) is 10.3. The molecule has 0 bridgehead atoms. The van der Waals surface area contributed by atoms with Crippen molar-refractivity contribution in [1.82, 2.24) is 9.13 Å². The van der Waals surface area contributed by atoms with Crippen molar-refractivity contribution >= 4 is 32.6 Å². The molecule has 3 heteroatoms. The summed E-state index contributed by atoms with van der Waals surface area (Å²) in [6.07, 6.45) is 0. The van der Waals surface area contributed by atoms with Gasteiger partial charge >= 0.3 is 5.69 Å². The number of imidazole rings is 1. The molecule has 0 saturated carbocycles. The van der Waals surface area contributed by atoms with Gasteiger partial charge in [-0.1, -0.05) is 123 Å². The molecule has 1 aromatic heterocycles. The fourth-order valence-electron chi connectivity index (χ4n) is 7.95. The minimum absolute atomic E-state index is 0.0311. The maximum atomic E-state index is 13.5. The third-order valence-corrected chi connectivity index (χ3v) is 10.2. The Morgan fingerprint density at radius 1 is 0.500 bits per heavy atom. The molecule has 3 nitrogen and oxygen atoms in total. The Kier molecular flexibility index (Phi) is 5.61. The summed E-state index contributed by atoms with van der Waals surface area (Å²) >= 11 is 0. The first-order valence-corrected chi connectivity index (χ1v) is 15.9. The second kappa shape index (κ2) is 9.66. The molecule has 220 valence electrons. The Balaban J connectivity index is 1.31. The standard InChI is InChI=1S/C43H32N2O/c1-43(2)36-20-12-11-15-30(36)35-25-27(21-23-37(35)43)40-31-16-7-9-18-33(31)41(34-19-10-8-17-32(34)40)28-22-24-38-39(26-28)44(3)42(46)45(38)29-13-5-4-6-14-29/h4-26H,1-3H3. The minimum Gasteiger partial charge on any atom is -0.295 e. The summed E-state index contributed by atoms with van der Waals surface area (Å²) in [4.78, 5) is 13.5. The normalized spacial score (nSPS) is 13.4. The summed E-state index contributed by atoms with van der Waals surface area (Å²) in [5.74, 6) is 0. The molecule has 0 N–H and O–H groups in total. The number of hydrogen-bond donors (Lipinski definition) is 0. The van der Waals surface area contributed by atoms with Crippen LogP contribution in [-0.4, -0.2) is 9.13 Å². The van der Waals surface area contributed by atoms with Crippen LogP contribution in [0.4, 0.5) is 0 Å². The van der Waals surface area contributed by atoms with Gasteiger partial charge in [0.05, 0.1) is 16.7 Å². The lowest BCUT2D eigenvalue weighted by atomic mass is 9.81. The molecule has 1 aliphatic carbocycles. The molecule has 9 rings (SSSR count). The van der Waals surface area contributed by atoms with Gasteiger partial charge in [-0.2, -0.15) is 0 Å². The number of benzene rings is 7. The van der Waals surface area contributed by atoms with Gasteiger partial charge in [-0.3, -0.25) is 9.13 Å². The van der Waals surface area contributed by atoms with Crippen molar-refractivity contribution in [3.63, 3.8) is 0 Å². The van der Waals surface area contributed by atoms with E-state index in [0.29, 0.717) is 0 Å². The zero-order chi connectivity index (χ0) is 31.2. The van der Waals surface area contributed by atoms with E-state index in [9.17, 15) is 4.79 Å². The monoisotopic (exact) mass is 592 g/mol. The van der Waals surface area contributed by atoms with E-state index in [2.05, 4.69) is 123 Å². The largest absolute Gasteiger partial charge is 0.333 e. The lowest BCUT2D eigenvalue weighted by molar-refractivity contribution is 0.660. The van der Waals surface area contributed by atoms with Crippen LogP contribution in [0.5, 0.6) is 0 Å². The van der Waals surface area contributed by atoms with E-state index < -0.39 is 0 Å². The SMILES string of the molecule is Cn1c(=O)n(-c2ccccc2)c2ccc(-c3c4ccccc4c(-c4ccc5c(c4)-c4ccccc4C5(C)C)c4ccccc34)cc21. The minimum atomic E-state index is -0.0511. The van der Waals surface area contributed by atoms with E-state index in [0.717, 1.165) is 22.3 Å². The average molecular weight is 593 g/mol. The highest BCUT2D eigenvalue weighted by molar-refractivity contribution is 6.21. The van der Waals surface area contributed by atoms with Crippen molar-refractivity contribution < 1.29 is 0 Å². The van der Waals surface area contributed by atoms with Crippen LogP contribution in [0.25, 0.3) is 71.6 Å². The summed E-state index contributed by atoms with van der Waals surface area (Å²) in [6.45, 7) is 4.66. The van der Waals surface area contributed by atoms with Gasteiger partial charge in [0.2, 0.25) is 0 Å². The van der Waals surface area contributed by atoms with E-state index >= 15 is 0 Å². The van der Waals surface area contributed by atoms with Gasteiger partial charge in [0, 0.05) is 12.5 Å². The molecule has 0 radical (unpaired) electrons. The van der Waals surface area contributed by atoms with Crippen molar-refractivity contribution in [1.29, 1.82) is 0 Å². The first-order valence-electron chi connectivity index (χ1n) is 15.9. The van der Waals surface area contributed by atoms with Crippen LogP contribution in [0, 0.1) is 0 Å². The summed E-state index contributed by atoms with van der Waals surface area (Å²) < 4.78 is 3.56. The van der Waals surface area contributed by atoms with Crippen LogP contribution in [0.15, 0.2) is 144 Å². The zero-order valence-corrected chi connectivity index (χ0v) is 26.1. The highest BCUT2D eigenvalue weighted by atomic mass is 16.1. The second-order valence-electron chi connectivity index (χ2n) is 13.0. The van der Waals surface area contributed by atoms with E-state index in [1.54, 1.807) is 9.13 Å². The van der Waals surface area contributed by atoms with Gasteiger partial charge in [-0.15, -0.1) is 0 Å². The number of hydrogen-bond acceptors (Lipinski definition) is 1. The van der Waals surface area contributed by atoms with Crippen molar-refractivity contribution in [2.75, 3.05) is 0 Å². The van der Waals surface area contributed by atoms with Crippen LogP contribution in [0.1, 0.15) is 25.0 Å². The third-order valence-electron chi connectivity index (χ3n) is 10.2. The fourth-order valence-corrected chi connectivity index (χ4v) is 7.95. The zero-order valence-electron chi connectivity index (χ0n) is 26.1. The first kappa shape index (κ1) is 26.7. The fraction of sp³-hybridized carbons (Fsp3) is 0.0930. The molecule has 46 heavy (non-hydrogen) atoms. The summed E-state index contributed by atoms with van der Waals surface area (Å²) in [5.41, 5.74) is 12.8. The molecular formula is C43H32N2O. The van der Waals surface area contributed by atoms with Gasteiger partial charge in [0.25, 0.3) is 0 Å². The number of fused-ring (bicyclic) bond motifs is 6. The van der Waals surface area contributed by atoms with Crippen molar-refractivity contribution in [3.8, 4) is 39.1 Å². The number of aryl methyl sites for hydroxylation is 1. The summed E-state index contributed by atoms with van der Waals surface area (Å²) in [7, 11) is 1.86. The van der Waals surface area contributed by atoms with Crippen LogP contribution in [0.2, 0.25) is 0 Å². The van der Waals surface area contributed by atoms with Gasteiger partial charge in [0.1, 0.15) is 0 Å². The van der Waals surface area contributed by atoms with E-state index in [4.69, 9.17) is 0 Å². The van der Waals surface area contributed by atoms with Gasteiger partial charge in [0.15, 0.2) is 0 Å². The Hall–Kier alpha value is -5.67. The lowest BCUT2D eigenvalue weighted by Crippen LogP contribution is -2.20. The van der Waals surface area contributed by atoms with Crippen molar-refractivity contribution in [2.24, 2.45) is 7.05 Å². The quantitative estimate of drug-likeness (QED) is 0.188. The molecule has 1 heterocycles. The lowest BCUT2D eigenvalue weighted by Gasteiger charge is -2.22. The molecule has 0 unspecified atom stereocenters. The Labute approximate surface area is 267 Å². The summed E-state index contributed by atoms with van der Waals surface area (Å²) in [6, 6.07) is 49.7. The predicted molar refractivity (Wildman–Crippen MR) is 192 cm³/mol. The van der Waals surface area contributed by atoms with Gasteiger partial charge < -0.3 is 0 Å². The van der Waals surface area contributed by atoms with Gasteiger partial charge in [-0.05, 0) is 96.4 Å².